The molecule has 0 aliphatic rings. The summed E-state index contributed by atoms with van der Waals surface area (Å²) in [7, 11) is 1.64. The van der Waals surface area contributed by atoms with Crippen molar-refractivity contribution in [1.82, 2.24) is 5.32 Å². The summed E-state index contributed by atoms with van der Waals surface area (Å²) in [5, 5.41) is 13.5. The number of aliphatic hydroxyl groups is 1. The fourth-order valence-corrected chi connectivity index (χ4v) is 2.41. The largest absolute Gasteiger partial charge is 0.497 e. The number of benzene rings is 2. The van der Waals surface area contributed by atoms with Gasteiger partial charge in [-0.15, -0.1) is 0 Å². The van der Waals surface area contributed by atoms with Crippen LogP contribution in [0.25, 0.3) is 0 Å². The number of hydrogen-bond donors (Lipinski definition) is 2. The molecule has 112 valence electrons. The Morgan fingerprint density at radius 1 is 1.05 bits per heavy atom. The molecule has 0 saturated carbocycles. The van der Waals surface area contributed by atoms with Gasteiger partial charge in [0.15, 0.2) is 0 Å². The topological polar surface area (TPSA) is 41.5 Å². The minimum absolute atomic E-state index is 0.514. The average Bonchev–Trinajstić information content (AvgIpc) is 2.50. The number of ether oxygens (including phenoxy) is 1. The molecular weight excluding hydrogens is 262 g/mol. The van der Waals surface area contributed by atoms with E-state index in [4.69, 9.17) is 4.74 Å². The third kappa shape index (κ3) is 4.06. The SMILES string of the molecule is COc1ccc(C(O)CNCc2c(C)cccc2C)cc1. The van der Waals surface area contributed by atoms with Crippen LogP contribution in [0.2, 0.25) is 0 Å². The van der Waals surface area contributed by atoms with E-state index in [1.165, 1.54) is 16.7 Å². The minimum Gasteiger partial charge on any atom is -0.497 e. The van der Waals surface area contributed by atoms with Crippen molar-refractivity contribution in [2.24, 2.45) is 0 Å². The zero-order valence-corrected chi connectivity index (χ0v) is 12.9. The minimum atomic E-state index is -0.514. The van der Waals surface area contributed by atoms with Crippen LogP contribution in [0.3, 0.4) is 0 Å². The molecule has 0 spiro atoms. The van der Waals surface area contributed by atoms with E-state index in [1.807, 2.05) is 24.3 Å². The van der Waals surface area contributed by atoms with Gasteiger partial charge >= 0.3 is 0 Å². The molecule has 1 atom stereocenters. The molecule has 0 bridgehead atoms. The predicted molar refractivity (Wildman–Crippen MR) is 85.6 cm³/mol. The number of nitrogens with one attached hydrogen (secondary N) is 1. The fourth-order valence-electron chi connectivity index (χ4n) is 2.41. The molecule has 2 aromatic carbocycles. The van der Waals surface area contributed by atoms with Crippen LogP contribution in [0.15, 0.2) is 42.5 Å². The Kier molecular flexibility index (Phi) is 5.37. The summed E-state index contributed by atoms with van der Waals surface area (Å²) in [6.07, 6.45) is -0.514. The van der Waals surface area contributed by atoms with E-state index in [0.717, 1.165) is 17.9 Å². The van der Waals surface area contributed by atoms with Gasteiger partial charge in [-0.2, -0.15) is 0 Å². The lowest BCUT2D eigenvalue weighted by Crippen LogP contribution is -2.22. The highest BCUT2D eigenvalue weighted by atomic mass is 16.5. The van der Waals surface area contributed by atoms with E-state index in [2.05, 4.69) is 37.4 Å². The van der Waals surface area contributed by atoms with Crippen molar-refractivity contribution in [1.29, 1.82) is 0 Å². The number of hydrogen-bond acceptors (Lipinski definition) is 3. The lowest BCUT2D eigenvalue weighted by Gasteiger charge is -2.15. The van der Waals surface area contributed by atoms with Crippen LogP contribution < -0.4 is 10.1 Å². The van der Waals surface area contributed by atoms with E-state index < -0.39 is 6.10 Å². The lowest BCUT2D eigenvalue weighted by molar-refractivity contribution is 0.174. The van der Waals surface area contributed by atoms with Gasteiger partial charge in [-0.25, -0.2) is 0 Å². The molecule has 0 aliphatic heterocycles. The summed E-state index contributed by atoms with van der Waals surface area (Å²) in [6.45, 7) is 5.53. The number of rotatable bonds is 6. The maximum atomic E-state index is 10.2. The first-order valence-corrected chi connectivity index (χ1v) is 7.19. The highest BCUT2D eigenvalue weighted by Gasteiger charge is 2.08. The number of aliphatic hydroxyl groups excluding tert-OH is 1. The first-order valence-electron chi connectivity index (χ1n) is 7.19. The van der Waals surface area contributed by atoms with Gasteiger partial charge in [0.1, 0.15) is 5.75 Å². The maximum Gasteiger partial charge on any atom is 0.118 e. The van der Waals surface area contributed by atoms with Crippen molar-refractivity contribution in [3.8, 4) is 5.75 Å². The molecule has 0 radical (unpaired) electrons. The maximum absolute atomic E-state index is 10.2. The predicted octanol–water partition coefficient (Wildman–Crippen LogP) is 3.14. The van der Waals surface area contributed by atoms with Crippen LogP contribution in [-0.4, -0.2) is 18.8 Å². The molecular formula is C18H23NO2. The third-order valence-corrected chi connectivity index (χ3v) is 3.78. The summed E-state index contributed by atoms with van der Waals surface area (Å²) >= 11 is 0. The third-order valence-electron chi connectivity index (χ3n) is 3.78. The van der Waals surface area contributed by atoms with Crippen LogP contribution in [-0.2, 0) is 6.54 Å². The Hall–Kier alpha value is -1.84. The van der Waals surface area contributed by atoms with E-state index in [0.29, 0.717) is 6.54 Å². The number of aryl methyl sites for hydroxylation is 2. The van der Waals surface area contributed by atoms with Crippen LogP contribution in [0.1, 0.15) is 28.4 Å². The molecule has 0 amide bonds. The molecule has 2 rings (SSSR count). The molecule has 0 aromatic heterocycles. The molecule has 2 aromatic rings. The zero-order chi connectivity index (χ0) is 15.2. The second-order valence-corrected chi connectivity index (χ2v) is 5.29. The van der Waals surface area contributed by atoms with Crippen molar-refractivity contribution < 1.29 is 9.84 Å². The van der Waals surface area contributed by atoms with Gasteiger partial charge in [0.25, 0.3) is 0 Å². The standard InChI is InChI=1S/C18H23NO2/c1-13-5-4-6-14(2)17(13)11-19-12-18(20)15-7-9-16(21-3)10-8-15/h4-10,18-20H,11-12H2,1-3H3. The molecule has 3 nitrogen and oxygen atoms in total. The van der Waals surface area contributed by atoms with Crippen LogP contribution >= 0.6 is 0 Å². The van der Waals surface area contributed by atoms with Crippen molar-refractivity contribution in [2.75, 3.05) is 13.7 Å². The monoisotopic (exact) mass is 285 g/mol. The van der Waals surface area contributed by atoms with Gasteiger partial charge in [0, 0.05) is 13.1 Å². The summed E-state index contributed by atoms with van der Waals surface area (Å²) in [5.41, 5.74) is 4.76. The average molecular weight is 285 g/mol. The smallest absolute Gasteiger partial charge is 0.118 e. The van der Waals surface area contributed by atoms with Gasteiger partial charge in [0.2, 0.25) is 0 Å². The first kappa shape index (κ1) is 15.5. The lowest BCUT2D eigenvalue weighted by atomic mass is 10.0. The highest BCUT2D eigenvalue weighted by Crippen LogP contribution is 2.17. The molecule has 0 aliphatic carbocycles. The first-order chi connectivity index (χ1) is 10.1. The number of methoxy groups -OCH3 is 1. The summed E-state index contributed by atoms with van der Waals surface area (Å²) < 4.78 is 5.12. The van der Waals surface area contributed by atoms with Crippen molar-refractivity contribution >= 4 is 0 Å². The van der Waals surface area contributed by atoms with E-state index in [1.54, 1.807) is 7.11 Å². The van der Waals surface area contributed by atoms with Gasteiger partial charge < -0.3 is 15.2 Å². The molecule has 2 N–H and O–H groups in total. The second-order valence-electron chi connectivity index (χ2n) is 5.29. The highest BCUT2D eigenvalue weighted by molar-refractivity contribution is 5.33. The molecule has 3 heteroatoms. The molecule has 21 heavy (non-hydrogen) atoms. The molecule has 0 heterocycles. The summed E-state index contributed by atoms with van der Waals surface area (Å²) in [6, 6.07) is 13.8. The molecule has 0 fully saturated rings. The van der Waals surface area contributed by atoms with E-state index in [-0.39, 0.29) is 0 Å². The molecule has 0 saturated heterocycles. The molecule has 1 unspecified atom stereocenters. The summed E-state index contributed by atoms with van der Waals surface area (Å²) in [4.78, 5) is 0. The van der Waals surface area contributed by atoms with E-state index in [9.17, 15) is 5.11 Å². The zero-order valence-electron chi connectivity index (χ0n) is 12.9. The van der Waals surface area contributed by atoms with Crippen LogP contribution in [0.5, 0.6) is 5.75 Å². The fraction of sp³-hybridized carbons (Fsp3) is 0.333. The normalized spacial score (nSPS) is 12.2. The Morgan fingerprint density at radius 2 is 1.67 bits per heavy atom. The second kappa shape index (κ2) is 7.25. The van der Waals surface area contributed by atoms with Crippen LogP contribution in [0, 0.1) is 13.8 Å². The quantitative estimate of drug-likeness (QED) is 0.857. The summed E-state index contributed by atoms with van der Waals surface area (Å²) in [5.74, 6) is 0.800. The van der Waals surface area contributed by atoms with Gasteiger partial charge in [-0.1, -0.05) is 30.3 Å². The Morgan fingerprint density at radius 3 is 2.24 bits per heavy atom. The van der Waals surface area contributed by atoms with Crippen molar-refractivity contribution in [3.05, 3.63) is 64.7 Å². The van der Waals surface area contributed by atoms with Gasteiger partial charge in [0.05, 0.1) is 13.2 Å². The van der Waals surface area contributed by atoms with Gasteiger partial charge in [-0.3, -0.25) is 0 Å². The Labute approximate surface area is 126 Å². The van der Waals surface area contributed by atoms with Crippen molar-refractivity contribution in [2.45, 2.75) is 26.5 Å². The van der Waals surface area contributed by atoms with Crippen molar-refractivity contribution in [3.63, 3.8) is 0 Å². The van der Waals surface area contributed by atoms with Gasteiger partial charge in [-0.05, 0) is 48.2 Å². The Bertz CT molecular complexity index is 558. The Balaban J connectivity index is 1.90. The van der Waals surface area contributed by atoms with E-state index >= 15 is 0 Å². The van der Waals surface area contributed by atoms with Crippen LogP contribution in [0.4, 0.5) is 0 Å².